The number of carbonyl (C=O) groups is 2. The van der Waals surface area contributed by atoms with Gasteiger partial charge in [0.15, 0.2) is 0 Å². The first-order valence-electron chi connectivity index (χ1n) is 8.35. The average molecular weight is 396 g/mol. The van der Waals surface area contributed by atoms with Crippen LogP contribution >= 0.6 is 0 Å². The summed E-state index contributed by atoms with van der Waals surface area (Å²) in [5.41, 5.74) is 1.57. The topological polar surface area (TPSA) is 84.8 Å². The summed E-state index contributed by atoms with van der Waals surface area (Å²) in [6.45, 7) is 0. The summed E-state index contributed by atoms with van der Waals surface area (Å²) in [6, 6.07) is 8.00. The van der Waals surface area contributed by atoms with Gasteiger partial charge in [0.05, 0.1) is 0 Å². The fourth-order valence-corrected chi connectivity index (χ4v) is 2.89. The van der Waals surface area contributed by atoms with Crippen molar-refractivity contribution < 1.29 is 22.8 Å². The smallest absolute Gasteiger partial charge is 0.322 e. The minimum atomic E-state index is -4.75. The number of halogens is 3. The molecule has 2 heterocycles. The van der Waals surface area contributed by atoms with Crippen LogP contribution in [0.4, 0.5) is 18.9 Å². The normalized spacial score (nSPS) is 12.7. The van der Waals surface area contributed by atoms with Crippen LogP contribution in [0.5, 0.6) is 0 Å². The van der Waals surface area contributed by atoms with Crippen molar-refractivity contribution in [3.8, 4) is 11.1 Å². The first-order valence-corrected chi connectivity index (χ1v) is 8.35. The molecule has 0 radical (unpaired) electrons. The van der Waals surface area contributed by atoms with Crippen molar-refractivity contribution in [3.63, 3.8) is 0 Å². The van der Waals surface area contributed by atoms with E-state index in [9.17, 15) is 22.8 Å². The first kappa shape index (κ1) is 18.5. The van der Waals surface area contributed by atoms with Gasteiger partial charge < -0.3 is 5.32 Å². The standard InChI is InChI=1S/C20H11F3N4O2/c21-20(22,23)19-25-10-15-13-5-4-12(8-14(13)18(29)17(15)27-19)26-16(28)6-3-11-2-1-7-24-9-11/h1-10H,(H,26,28)/b6-3+. The molecule has 1 amide bonds. The maximum atomic E-state index is 12.8. The molecule has 1 aliphatic rings. The molecule has 0 fully saturated rings. The van der Waals surface area contributed by atoms with Gasteiger partial charge in [-0.05, 0) is 35.4 Å². The van der Waals surface area contributed by atoms with Gasteiger partial charge in [-0.3, -0.25) is 14.6 Å². The summed E-state index contributed by atoms with van der Waals surface area (Å²) >= 11 is 0. The average Bonchev–Trinajstić information content (AvgIpc) is 2.98. The molecular formula is C20H11F3N4O2. The summed E-state index contributed by atoms with van der Waals surface area (Å²) in [5.74, 6) is -2.45. The van der Waals surface area contributed by atoms with Crippen LogP contribution in [0.15, 0.2) is 55.0 Å². The second kappa shape index (κ2) is 6.93. The highest BCUT2D eigenvalue weighted by molar-refractivity contribution is 6.21. The van der Waals surface area contributed by atoms with Crippen molar-refractivity contribution in [2.24, 2.45) is 0 Å². The molecule has 0 saturated carbocycles. The number of alkyl halides is 3. The fraction of sp³-hybridized carbons (Fsp3) is 0.0500. The van der Waals surface area contributed by atoms with Gasteiger partial charge in [-0.15, -0.1) is 0 Å². The summed E-state index contributed by atoms with van der Waals surface area (Å²) in [6.07, 6.45) is 2.32. The van der Waals surface area contributed by atoms with Crippen LogP contribution in [-0.4, -0.2) is 26.6 Å². The number of ketones is 1. The SMILES string of the molecule is O=C(/C=C/c1cccnc1)Nc1ccc2c(c1)C(=O)c1nc(C(F)(F)F)ncc1-2. The highest BCUT2D eigenvalue weighted by atomic mass is 19.4. The fourth-order valence-electron chi connectivity index (χ4n) is 2.89. The van der Waals surface area contributed by atoms with E-state index >= 15 is 0 Å². The largest absolute Gasteiger partial charge is 0.451 e. The molecule has 0 unspecified atom stereocenters. The van der Waals surface area contributed by atoms with Crippen molar-refractivity contribution in [1.29, 1.82) is 0 Å². The van der Waals surface area contributed by atoms with E-state index in [1.54, 1.807) is 36.7 Å². The van der Waals surface area contributed by atoms with Crippen molar-refractivity contribution in [2.45, 2.75) is 6.18 Å². The van der Waals surface area contributed by atoms with Crippen molar-refractivity contribution in [3.05, 3.63) is 77.6 Å². The summed E-state index contributed by atoms with van der Waals surface area (Å²) in [7, 11) is 0. The van der Waals surface area contributed by atoms with Crippen molar-refractivity contribution in [2.75, 3.05) is 5.32 Å². The molecule has 1 aliphatic carbocycles. The molecule has 3 aromatic rings. The van der Waals surface area contributed by atoms with Crippen LogP contribution in [0.1, 0.15) is 27.4 Å². The lowest BCUT2D eigenvalue weighted by Gasteiger charge is -2.06. The third-order valence-electron chi connectivity index (χ3n) is 4.19. The second-order valence-corrected chi connectivity index (χ2v) is 6.15. The maximum Gasteiger partial charge on any atom is 0.451 e. The van der Waals surface area contributed by atoms with E-state index in [4.69, 9.17) is 0 Å². The summed E-state index contributed by atoms with van der Waals surface area (Å²) in [4.78, 5) is 35.2. The van der Waals surface area contributed by atoms with E-state index in [1.807, 2.05) is 0 Å². The molecule has 144 valence electrons. The zero-order valence-corrected chi connectivity index (χ0v) is 14.6. The van der Waals surface area contributed by atoms with Gasteiger partial charge in [-0.2, -0.15) is 13.2 Å². The molecule has 0 spiro atoms. The molecule has 4 rings (SSSR count). The number of carbonyl (C=O) groups excluding carboxylic acids is 2. The van der Waals surface area contributed by atoms with E-state index in [0.717, 1.165) is 11.8 Å². The van der Waals surface area contributed by atoms with Gasteiger partial charge >= 0.3 is 6.18 Å². The Labute approximate surface area is 162 Å². The number of nitrogens with zero attached hydrogens (tertiary/aromatic N) is 3. The van der Waals surface area contributed by atoms with Crippen LogP contribution < -0.4 is 5.32 Å². The maximum absolute atomic E-state index is 12.8. The number of benzene rings is 1. The lowest BCUT2D eigenvalue weighted by Crippen LogP contribution is -2.13. The van der Waals surface area contributed by atoms with Crippen LogP contribution in [0.3, 0.4) is 0 Å². The number of hydrogen-bond donors (Lipinski definition) is 1. The number of anilines is 1. The van der Waals surface area contributed by atoms with E-state index in [0.29, 0.717) is 11.3 Å². The van der Waals surface area contributed by atoms with Gasteiger partial charge in [0.1, 0.15) is 5.69 Å². The highest BCUT2D eigenvalue weighted by Gasteiger charge is 2.38. The van der Waals surface area contributed by atoms with Crippen molar-refractivity contribution >= 4 is 23.5 Å². The number of hydrogen-bond acceptors (Lipinski definition) is 5. The molecule has 1 aromatic carbocycles. The predicted molar refractivity (Wildman–Crippen MR) is 97.8 cm³/mol. The molecule has 0 saturated heterocycles. The molecule has 9 heteroatoms. The lowest BCUT2D eigenvalue weighted by molar-refractivity contribution is -0.145. The van der Waals surface area contributed by atoms with Crippen molar-refractivity contribution in [1.82, 2.24) is 15.0 Å². The monoisotopic (exact) mass is 396 g/mol. The van der Waals surface area contributed by atoms with Gasteiger partial charge in [0.25, 0.3) is 0 Å². The van der Waals surface area contributed by atoms with E-state index < -0.39 is 23.7 Å². The van der Waals surface area contributed by atoms with E-state index in [-0.39, 0.29) is 16.8 Å². The number of aromatic nitrogens is 3. The molecule has 0 aliphatic heterocycles. The Morgan fingerprint density at radius 2 is 1.90 bits per heavy atom. The molecular weight excluding hydrogens is 385 g/mol. The van der Waals surface area contributed by atoms with Crippen LogP contribution in [-0.2, 0) is 11.0 Å². The number of amides is 1. The Morgan fingerprint density at radius 3 is 2.62 bits per heavy atom. The molecule has 1 N–H and O–H groups in total. The molecule has 2 aromatic heterocycles. The second-order valence-electron chi connectivity index (χ2n) is 6.15. The lowest BCUT2D eigenvalue weighted by atomic mass is 10.1. The zero-order chi connectivity index (χ0) is 20.6. The number of nitrogens with one attached hydrogen (secondary N) is 1. The van der Waals surface area contributed by atoms with Gasteiger partial charge in [-0.25, -0.2) is 9.97 Å². The number of fused-ring (bicyclic) bond motifs is 3. The van der Waals surface area contributed by atoms with E-state index in [1.165, 1.54) is 18.2 Å². The summed E-state index contributed by atoms with van der Waals surface area (Å²) in [5, 5.41) is 2.61. The van der Waals surface area contributed by atoms with Crippen LogP contribution in [0.2, 0.25) is 0 Å². The minimum absolute atomic E-state index is 0.155. The van der Waals surface area contributed by atoms with Gasteiger partial charge in [-0.1, -0.05) is 12.1 Å². The zero-order valence-electron chi connectivity index (χ0n) is 14.6. The van der Waals surface area contributed by atoms with Gasteiger partial charge in [0.2, 0.25) is 17.5 Å². The molecule has 6 nitrogen and oxygen atoms in total. The quantitative estimate of drug-likeness (QED) is 0.533. The third-order valence-corrected chi connectivity index (χ3v) is 4.19. The summed E-state index contributed by atoms with van der Waals surface area (Å²) < 4.78 is 38.5. The van der Waals surface area contributed by atoms with Crippen LogP contribution in [0.25, 0.3) is 17.2 Å². The minimum Gasteiger partial charge on any atom is -0.322 e. The molecule has 29 heavy (non-hydrogen) atoms. The Bertz CT molecular complexity index is 1160. The highest BCUT2D eigenvalue weighted by Crippen LogP contribution is 2.38. The van der Waals surface area contributed by atoms with E-state index in [2.05, 4.69) is 20.3 Å². The van der Waals surface area contributed by atoms with Crippen LogP contribution in [0, 0.1) is 0 Å². The number of pyridine rings is 1. The first-order chi connectivity index (χ1) is 13.8. The third kappa shape index (κ3) is 3.62. The Morgan fingerprint density at radius 1 is 1.07 bits per heavy atom. The van der Waals surface area contributed by atoms with Gasteiger partial charge in [0, 0.05) is 41.5 Å². The molecule has 0 atom stereocenters. The Kier molecular flexibility index (Phi) is 4.42. The predicted octanol–water partition coefficient (Wildman–Crippen LogP) is 3.75. The Balaban J connectivity index is 1.57. The number of rotatable bonds is 3. The Hall–Kier alpha value is -3.88. The molecule has 0 bridgehead atoms.